The Morgan fingerprint density at radius 3 is 3.00 bits per heavy atom. The number of H-pyrrole nitrogens is 2. The summed E-state index contributed by atoms with van der Waals surface area (Å²) in [6.45, 7) is 0. The van der Waals surface area contributed by atoms with E-state index >= 15 is 0 Å². The molecule has 0 atom stereocenters. The number of carbonyl (C=O) groups excluding carboxylic acids is 1. The Morgan fingerprint density at radius 1 is 1.54 bits per heavy atom. The molecule has 0 unspecified atom stereocenters. The number of hydrogen-bond donors (Lipinski definition) is 3. The molecule has 66 valence electrons. The third-order valence-corrected chi connectivity index (χ3v) is 1.53. The van der Waals surface area contributed by atoms with Crippen molar-refractivity contribution in [3.05, 3.63) is 22.5 Å². The second kappa shape index (κ2) is 2.41. The van der Waals surface area contributed by atoms with E-state index in [9.17, 15) is 9.59 Å². The molecule has 2 rings (SSSR count). The molecule has 0 spiro atoms. The number of fused-ring (bicyclic) bond motifs is 1. The maximum Gasteiger partial charge on any atom is 0.284 e. The van der Waals surface area contributed by atoms with Crippen molar-refractivity contribution >= 4 is 17.1 Å². The van der Waals surface area contributed by atoms with Gasteiger partial charge in [0.1, 0.15) is 0 Å². The van der Waals surface area contributed by atoms with E-state index in [1.165, 1.54) is 6.33 Å². The standard InChI is InChI=1S/C6H5N5O2/c7-3(12)5-10-4-2(6(13)11-5)8-1-9-4/h1H,(H2,7,12)(H2,8,9,10,11,13). The molecule has 0 aliphatic rings. The van der Waals surface area contributed by atoms with Crippen LogP contribution in [-0.4, -0.2) is 25.8 Å². The highest BCUT2D eigenvalue weighted by Crippen LogP contribution is 1.98. The van der Waals surface area contributed by atoms with Crippen LogP contribution in [0, 0.1) is 0 Å². The van der Waals surface area contributed by atoms with E-state index < -0.39 is 11.5 Å². The Balaban J connectivity index is 2.85. The van der Waals surface area contributed by atoms with Gasteiger partial charge in [-0.2, -0.15) is 0 Å². The van der Waals surface area contributed by atoms with Gasteiger partial charge >= 0.3 is 0 Å². The SMILES string of the molecule is NC(=O)c1nc2nc[nH]c2c(=O)[nH]1. The van der Waals surface area contributed by atoms with Crippen molar-refractivity contribution in [2.75, 3.05) is 0 Å². The smallest absolute Gasteiger partial charge is 0.284 e. The molecule has 7 heteroatoms. The number of hydrogen-bond acceptors (Lipinski definition) is 4. The number of imidazole rings is 1. The molecule has 13 heavy (non-hydrogen) atoms. The highest BCUT2D eigenvalue weighted by Gasteiger charge is 2.08. The summed E-state index contributed by atoms with van der Waals surface area (Å²) in [5.41, 5.74) is 4.88. The zero-order chi connectivity index (χ0) is 9.42. The Kier molecular flexibility index (Phi) is 1.38. The molecule has 0 radical (unpaired) electrons. The fourth-order valence-electron chi connectivity index (χ4n) is 0.960. The van der Waals surface area contributed by atoms with E-state index in [1.807, 2.05) is 0 Å². The van der Waals surface area contributed by atoms with Crippen LogP contribution in [0.2, 0.25) is 0 Å². The van der Waals surface area contributed by atoms with Crippen LogP contribution in [0.1, 0.15) is 10.6 Å². The summed E-state index contributed by atoms with van der Waals surface area (Å²) < 4.78 is 0. The van der Waals surface area contributed by atoms with E-state index in [4.69, 9.17) is 5.73 Å². The Hall–Kier alpha value is -2.18. The van der Waals surface area contributed by atoms with Crippen molar-refractivity contribution in [1.82, 2.24) is 19.9 Å². The Morgan fingerprint density at radius 2 is 2.31 bits per heavy atom. The number of rotatable bonds is 1. The number of nitrogens with one attached hydrogen (secondary N) is 2. The number of primary amides is 1. The normalized spacial score (nSPS) is 10.5. The number of nitrogens with zero attached hydrogens (tertiary/aromatic N) is 2. The summed E-state index contributed by atoms with van der Waals surface area (Å²) >= 11 is 0. The van der Waals surface area contributed by atoms with Gasteiger partial charge in [-0.15, -0.1) is 0 Å². The van der Waals surface area contributed by atoms with Crippen LogP contribution in [0.15, 0.2) is 11.1 Å². The first-order valence-electron chi connectivity index (χ1n) is 3.41. The molecule has 0 bridgehead atoms. The minimum absolute atomic E-state index is 0.178. The lowest BCUT2D eigenvalue weighted by Crippen LogP contribution is -2.21. The lowest BCUT2D eigenvalue weighted by Gasteiger charge is -1.92. The zero-order valence-corrected chi connectivity index (χ0v) is 6.37. The van der Waals surface area contributed by atoms with Crippen molar-refractivity contribution in [3.8, 4) is 0 Å². The highest BCUT2D eigenvalue weighted by molar-refractivity contribution is 5.90. The molecule has 2 heterocycles. The maximum atomic E-state index is 11.2. The van der Waals surface area contributed by atoms with Crippen LogP contribution in [0.3, 0.4) is 0 Å². The van der Waals surface area contributed by atoms with Crippen molar-refractivity contribution in [1.29, 1.82) is 0 Å². The van der Waals surface area contributed by atoms with Gasteiger partial charge in [0.05, 0.1) is 6.33 Å². The minimum Gasteiger partial charge on any atom is -0.363 e. The molecular weight excluding hydrogens is 174 g/mol. The van der Waals surface area contributed by atoms with Gasteiger partial charge in [-0.3, -0.25) is 9.59 Å². The molecule has 0 fully saturated rings. The first-order valence-corrected chi connectivity index (χ1v) is 3.41. The van der Waals surface area contributed by atoms with Crippen molar-refractivity contribution in [2.45, 2.75) is 0 Å². The van der Waals surface area contributed by atoms with Gasteiger partial charge in [-0.25, -0.2) is 9.97 Å². The van der Waals surface area contributed by atoms with Gasteiger partial charge in [0, 0.05) is 0 Å². The second-order valence-electron chi connectivity index (χ2n) is 2.38. The molecule has 0 aromatic carbocycles. The Labute approximate surface area is 71.0 Å². The molecule has 0 saturated heterocycles. The molecule has 7 nitrogen and oxygen atoms in total. The lowest BCUT2D eigenvalue weighted by atomic mass is 10.5. The predicted octanol–water partition coefficient (Wildman–Crippen LogP) is -1.25. The zero-order valence-electron chi connectivity index (χ0n) is 6.37. The van der Waals surface area contributed by atoms with Crippen LogP contribution in [0.5, 0.6) is 0 Å². The molecule has 0 aliphatic carbocycles. The lowest BCUT2D eigenvalue weighted by molar-refractivity contribution is 0.0990. The van der Waals surface area contributed by atoms with Gasteiger partial charge in [-0.1, -0.05) is 0 Å². The van der Waals surface area contributed by atoms with Gasteiger partial charge < -0.3 is 15.7 Å². The van der Waals surface area contributed by atoms with E-state index in [1.54, 1.807) is 0 Å². The fourth-order valence-corrected chi connectivity index (χ4v) is 0.960. The minimum atomic E-state index is -0.790. The van der Waals surface area contributed by atoms with E-state index in [0.717, 1.165) is 0 Å². The average molecular weight is 179 g/mol. The predicted molar refractivity (Wildman–Crippen MR) is 43.0 cm³/mol. The molecule has 0 saturated carbocycles. The summed E-state index contributed by atoms with van der Waals surface area (Å²) in [5, 5.41) is 0. The van der Waals surface area contributed by atoms with Crippen LogP contribution < -0.4 is 11.3 Å². The highest BCUT2D eigenvalue weighted by atomic mass is 16.2. The van der Waals surface area contributed by atoms with Crippen molar-refractivity contribution in [3.63, 3.8) is 0 Å². The largest absolute Gasteiger partial charge is 0.363 e. The van der Waals surface area contributed by atoms with Crippen LogP contribution in [0.25, 0.3) is 11.2 Å². The Bertz CT molecular complexity index is 525. The van der Waals surface area contributed by atoms with Crippen molar-refractivity contribution < 1.29 is 4.79 Å². The summed E-state index contributed by atoms with van der Waals surface area (Å²) in [4.78, 5) is 34.1. The number of amides is 1. The quantitative estimate of drug-likeness (QED) is 0.506. The van der Waals surface area contributed by atoms with E-state index in [2.05, 4.69) is 19.9 Å². The molecule has 4 N–H and O–H groups in total. The third-order valence-electron chi connectivity index (χ3n) is 1.53. The topological polar surface area (TPSA) is 118 Å². The fraction of sp³-hybridized carbons (Fsp3) is 0. The molecule has 2 aromatic heterocycles. The number of nitrogens with two attached hydrogens (primary N) is 1. The van der Waals surface area contributed by atoms with Gasteiger partial charge in [0.2, 0.25) is 5.82 Å². The van der Waals surface area contributed by atoms with Gasteiger partial charge in [-0.05, 0) is 0 Å². The third kappa shape index (κ3) is 1.06. The molecule has 1 amide bonds. The van der Waals surface area contributed by atoms with E-state index in [-0.39, 0.29) is 17.0 Å². The first kappa shape index (κ1) is 7.47. The van der Waals surface area contributed by atoms with Gasteiger partial charge in [0.15, 0.2) is 11.2 Å². The van der Waals surface area contributed by atoms with Crippen molar-refractivity contribution in [2.24, 2.45) is 5.73 Å². The number of aromatic nitrogens is 4. The monoisotopic (exact) mass is 179 g/mol. The van der Waals surface area contributed by atoms with Crippen LogP contribution >= 0.6 is 0 Å². The van der Waals surface area contributed by atoms with Crippen LogP contribution in [-0.2, 0) is 0 Å². The second-order valence-corrected chi connectivity index (χ2v) is 2.38. The average Bonchev–Trinajstić information content (AvgIpc) is 2.51. The maximum absolute atomic E-state index is 11.2. The number of carbonyl (C=O) groups is 1. The summed E-state index contributed by atoms with van der Waals surface area (Å²) in [5.74, 6) is -0.980. The summed E-state index contributed by atoms with van der Waals surface area (Å²) in [6.07, 6.45) is 1.32. The summed E-state index contributed by atoms with van der Waals surface area (Å²) in [7, 11) is 0. The van der Waals surface area contributed by atoms with Gasteiger partial charge in [0.25, 0.3) is 11.5 Å². The van der Waals surface area contributed by atoms with Crippen LogP contribution in [0.4, 0.5) is 0 Å². The van der Waals surface area contributed by atoms with E-state index in [0.29, 0.717) is 0 Å². The molecule has 0 aliphatic heterocycles. The first-order chi connectivity index (χ1) is 6.18. The molecule has 2 aromatic rings. The molecular formula is C6H5N5O2. The summed E-state index contributed by atoms with van der Waals surface area (Å²) in [6, 6.07) is 0. The number of aromatic amines is 2.